The van der Waals surface area contributed by atoms with Crippen LogP contribution in [0.1, 0.15) is 64.7 Å². The van der Waals surface area contributed by atoms with Crippen LogP contribution in [0.15, 0.2) is 0 Å². The Morgan fingerprint density at radius 2 is 1.81 bits per heavy atom. The minimum absolute atomic E-state index is 0.0773. The molecule has 3 rings (SSSR count). The number of hydrogen-bond donors (Lipinski definition) is 1. The summed E-state index contributed by atoms with van der Waals surface area (Å²) < 4.78 is 32.9. The second kappa shape index (κ2) is 6.11. The minimum atomic E-state index is -2.42. The Bertz CT molecular complexity index is 347. The van der Waals surface area contributed by atoms with Gasteiger partial charge in [-0.2, -0.15) is 0 Å². The van der Waals surface area contributed by atoms with E-state index in [1.807, 2.05) is 0 Å². The standard InChI is InChI=1S/C17H29F2NO/c1-2-20-15(13-4-9-17(18,19)10-5-13)14-6-11-21-16(12-14)7-3-8-16/h13-15,20H,2-12H2,1H3. The van der Waals surface area contributed by atoms with E-state index < -0.39 is 5.92 Å². The Kier molecular flexibility index (Phi) is 4.56. The summed E-state index contributed by atoms with van der Waals surface area (Å²) in [6.07, 6.45) is 7.42. The quantitative estimate of drug-likeness (QED) is 0.842. The zero-order valence-electron chi connectivity index (χ0n) is 13.2. The van der Waals surface area contributed by atoms with Crippen LogP contribution in [0.3, 0.4) is 0 Å². The highest BCUT2D eigenvalue weighted by atomic mass is 19.3. The van der Waals surface area contributed by atoms with E-state index in [2.05, 4.69) is 12.2 Å². The molecule has 0 aromatic carbocycles. The van der Waals surface area contributed by atoms with Crippen LogP contribution in [-0.4, -0.2) is 30.7 Å². The Labute approximate surface area is 127 Å². The molecule has 3 aliphatic rings. The summed E-state index contributed by atoms with van der Waals surface area (Å²) in [6.45, 7) is 3.92. The third-order valence-corrected chi connectivity index (χ3v) is 6.01. The first kappa shape index (κ1) is 15.7. The summed E-state index contributed by atoms with van der Waals surface area (Å²) in [5.41, 5.74) is 0.148. The van der Waals surface area contributed by atoms with E-state index in [1.165, 1.54) is 19.3 Å². The first-order chi connectivity index (χ1) is 10.0. The summed E-state index contributed by atoms with van der Waals surface area (Å²) in [5.74, 6) is -1.39. The fourth-order valence-corrected chi connectivity index (χ4v) is 4.67. The summed E-state index contributed by atoms with van der Waals surface area (Å²) in [7, 11) is 0. The zero-order valence-corrected chi connectivity index (χ0v) is 13.2. The van der Waals surface area contributed by atoms with E-state index in [-0.39, 0.29) is 18.4 Å². The van der Waals surface area contributed by atoms with Gasteiger partial charge in [-0.15, -0.1) is 0 Å². The molecular weight excluding hydrogens is 272 g/mol. The van der Waals surface area contributed by atoms with Gasteiger partial charge in [-0.3, -0.25) is 0 Å². The molecule has 21 heavy (non-hydrogen) atoms. The molecule has 122 valence electrons. The number of nitrogens with one attached hydrogen (secondary N) is 1. The van der Waals surface area contributed by atoms with Crippen LogP contribution in [-0.2, 0) is 4.74 Å². The van der Waals surface area contributed by atoms with E-state index in [4.69, 9.17) is 4.74 Å². The molecule has 1 spiro atoms. The maximum Gasteiger partial charge on any atom is 0.248 e. The lowest BCUT2D eigenvalue weighted by atomic mass is 9.67. The van der Waals surface area contributed by atoms with Crippen LogP contribution in [0.4, 0.5) is 8.78 Å². The molecule has 0 aromatic rings. The van der Waals surface area contributed by atoms with Crippen molar-refractivity contribution in [2.75, 3.05) is 13.2 Å². The molecule has 1 saturated heterocycles. The molecule has 0 amide bonds. The van der Waals surface area contributed by atoms with Gasteiger partial charge >= 0.3 is 0 Å². The molecule has 4 heteroatoms. The van der Waals surface area contributed by atoms with Gasteiger partial charge in [0.1, 0.15) is 0 Å². The number of rotatable bonds is 4. The van der Waals surface area contributed by atoms with Crippen molar-refractivity contribution in [1.82, 2.24) is 5.32 Å². The molecule has 2 aliphatic carbocycles. The fourth-order valence-electron chi connectivity index (χ4n) is 4.67. The van der Waals surface area contributed by atoms with Gasteiger partial charge in [0, 0.05) is 25.5 Å². The number of alkyl halides is 2. The monoisotopic (exact) mass is 301 g/mol. The molecule has 2 unspecified atom stereocenters. The average molecular weight is 301 g/mol. The van der Waals surface area contributed by atoms with Crippen molar-refractivity contribution in [3.8, 4) is 0 Å². The average Bonchev–Trinajstić information content (AvgIpc) is 2.44. The highest BCUT2D eigenvalue weighted by molar-refractivity contribution is 4.98. The van der Waals surface area contributed by atoms with E-state index in [0.29, 0.717) is 30.7 Å². The van der Waals surface area contributed by atoms with Crippen molar-refractivity contribution in [2.24, 2.45) is 11.8 Å². The van der Waals surface area contributed by atoms with Crippen molar-refractivity contribution in [3.05, 3.63) is 0 Å². The lowest BCUT2D eigenvalue weighted by molar-refractivity contribution is -0.151. The zero-order chi connectivity index (χ0) is 14.9. The van der Waals surface area contributed by atoms with Crippen molar-refractivity contribution in [1.29, 1.82) is 0 Å². The lowest BCUT2D eigenvalue weighted by Crippen LogP contribution is -2.53. The molecule has 2 nitrogen and oxygen atoms in total. The van der Waals surface area contributed by atoms with Gasteiger partial charge in [-0.05, 0) is 63.3 Å². The molecule has 0 radical (unpaired) electrons. The van der Waals surface area contributed by atoms with E-state index in [9.17, 15) is 8.78 Å². The Morgan fingerprint density at radius 3 is 2.38 bits per heavy atom. The third kappa shape index (κ3) is 3.42. The highest BCUT2D eigenvalue weighted by Gasteiger charge is 2.46. The second-order valence-electron chi connectivity index (χ2n) is 7.41. The van der Waals surface area contributed by atoms with Crippen LogP contribution in [0.2, 0.25) is 0 Å². The highest BCUT2D eigenvalue weighted by Crippen LogP contribution is 2.47. The van der Waals surface area contributed by atoms with Crippen molar-refractivity contribution < 1.29 is 13.5 Å². The molecule has 1 N–H and O–H groups in total. The predicted molar refractivity (Wildman–Crippen MR) is 79.6 cm³/mol. The van der Waals surface area contributed by atoms with Gasteiger partial charge in [0.2, 0.25) is 5.92 Å². The SMILES string of the molecule is CCNC(C1CCC(F)(F)CC1)C1CCOC2(CCC2)C1. The van der Waals surface area contributed by atoms with Gasteiger partial charge in [0.05, 0.1) is 5.60 Å². The molecule has 2 saturated carbocycles. The maximum atomic E-state index is 13.4. The molecule has 0 aromatic heterocycles. The third-order valence-electron chi connectivity index (χ3n) is 6.01. The molecular formula is C17H29F2NO. The smallest absolute Gasteiger partial charge is 0.248 e. The summed E-state index contributed by atoms with van der Waals surface area (Å²) in [6, 6.07) is 0.410. The van der Waals surface area contributed by atoms with Crippen LogP contribution >= 0.6 is 0 Å². The molecule has 1 heterocycles. The Hall–Kier alpha value is -0.220. The number of ether oxygens (including phenoxy) is 1. The van der Waals surface area contributed by atoms with E-state index in [0.717, 1.165) is 26.0 Å². The summed E-state index contributed by atoms with van der Waals surface area (Å²) in [4.78, 5) is 0. The van der Waals surface area contributed by atoms with Gasteiger partial charge in [0.25, 0.3) is 0 Å². The second-order valence-corrected chi connectivity index (χ2v) is 7.41. The van der Waals surface area contributed by atoms with Crippen LogP contribution in [0.25, 0.3) is 0 Å². The first-order valence-corrected chi connectivity index (χ1v) is 8.79. The van der Waals surface area contributed by atoms with E-state index >= 15 is 0 Å². The maximum absolute atomic E-state index is 13.4. The first-order valence-electron chi connectivity index (χ1n) is 8.79. The molecule has 3 fully saturated rings. The van der Waals surface area contributed by atoms with Crippen LogP contribution in [0, 0.1) is 11.8 Å². The normalized spacial score (nSPS) is 33.6. The Morgan fingerprint density at radius 1 is 1.10 bits per heavy atom. The van der Waals surface area contributed by atoms with Crippen LogP contribution in [0.5, 0.6) is 0 Å². The molecule has 1 aliphatic heterocycles. The van der Waals surface area contributed by atoms with Gasteiger partial charge in [0.15, 0.2) is 0 Å². The summed E-state index contributed by atoms with van der Waals surface area (Å²) >= 11 is 0. The van der Waals surface area contributed by atoms with Crippen molar-refractivity contribution in [3.63, 3.8) is 0 Å². The van der Waals surface area contributed by atoms with Crippen LogP contribution < -0.4 is 5.32 Å². The van der Waals surface area contributed by atoms with Gasteiger partial charge in [-0.1, -0.05) is 6.92 Å². The summed E-state index contributed by atoms with van der Waals surface area (Å²) in [5, 5.41) is 3.63. The van der Waals surface area contributed by atoms with Crippen molar-refractivity contribution in [2.45, 2.75) is 82.3 Å². The lowest BCUT2D eigenvalue weighted by Gasteiger charge is -2.50. The number of hydrogen-bond acceptors (Lipinski definition) is 2. The van der Waals surface area contributed by atoms with E-state index in [1.54, 1.807) is 0 Å². The topological polar surface area (TPSA) is 21.3 Å². The molecule has 2 atom stereocenters. The number of halogens is 2. The largest absolute Gasteiger partial charge is 0.375 e. The fraction of sp³-hybridized carbons (Fsp3) is 1.00. The predicted octanol–water partition coefficient (Wildman–Crippen LogP) is 4.14. The van der Waals surface area contributed by atoms with Gasteiger partial charge < -0.3 is 10.1 Å². The Balaban J connectivity index is 1.63. The van der Waals surface area contributed by atoms with Gasteiger partial charge in [-0.25, -0.2) is 8.78 Å². The van der Waals surface area contributed by atoms with Crippen molar-refractivity contribution >= 4 is 0 Å². The molecule has 0 bridgehead atoms. The minimum Gasteiger partial charge on any atom is -0.375 e.